The lowest BCUT2D eigenvalue weighted by Crippen LogP contribution is -2.45. The van der Waals surface area contributed by atoms with Crippen LogP contribution in [0.4, 0.5) is 4.79 Å². The number of rotatable bonds is 5. The van der Waals surface area contributed by atoms with Crippen LogP contribution in [0.1, 0.15) is 24.8 Å². The Kier molecular flexibility index (Phi) is 3.99. The number of urea groups is 1. The molecule has 2 aromatic rings. The topological polar surface area (TPSA) is 66.1 Å². The number of fused-ring (bicyclic) bond motifs is 1. The van der Waals surface area contributed by atoms with Crippen molar-refractivity contribution in [3.63, 3.8) is 0 Å². The van der Waals surface area contributed by atoms with Gasteiger partial charge in [0.1, 0.15) is 5.75 Å². The maximum atomic E-state index is 11.7. The average molecular weight is 287 g/mol. The van der Waals surface area contributed by atoms with Crippen LogP contribution in [0, 0.1) is 0 Å². The molecule has 1 heterocycles. The molecule has 1 saturated carbocycles. The third-order valence-corrected chi connectivity index (χ3v) is 4.09. The van der Waals surface area contributed by atoms with Crippen LogP contribution in [0.25, 0.3) is 10.9 Å². The molecule has 2 amide bonds. The van der Waals surface area contributed by atoms with E-state index in [4.69, 9.17) is 4.74 Å². The van der Waals surface area contributed by atoms with Crippen molar-refractivity contribution in [3.05, 3.63) is 30.0 Å². The number of amides is 2. The molecule has 1 aromatic heterocycles. The van der Waals surface area contributed by atoms with Crippen LogP contribution in [-0.2, 0) is 6.42 Å². The van der Waals surface area contributed by atoms with Gasteiger partial charge in [0, 0.05) is 29.7 Å². The lowest BCUT2D eigenvalue weighted by molar-refractivity contribution is 0.228. The van der Waals surface area contributed by atoms with Crippen molar-refractivity contribution >= 4 is 16.9 Å². The highest BCUT2D eigenvalue weighted by atomic mass is 16.5. The van der Waals surface area contributed by atoms with E-state index < -0.39 is 0 Å². The molecule has 0 radical (unpaired) electrons. The molecule has 0 aliphatic heterocycles. The Balaban J connectivity index is 1.56. The molecule has 0 saturated heterocycles. The maximum absolute atomic E-state index is 11.7. The van der Waals surface area contributed by atoms with Crippen LogP contribution in [0.5, 0.6) is 5.75 Å². The second-order valence-electron chi connectivity index (χ2n) is 5.50. The molecule has 112 valence electrons. The number of H-pyrrole nitrogens is 1. The number of ether oxygens (including phenoxy) is 1. The van der Waals surface area contributed by atoms with Crippen LogP contribution in [0.2, 0.25) is 0 Å². The fourth-order valence-electron chi connectivity index (χ4n) is 2.59. The van der Waals surface area contributed by atoms with E-state index in [2.05, 4.69) is 15.6 Å². The first-order valence-corrected chi connectivity index (χ1v) is 7.44. The van der Waals surface area contributed by atoms with Crippen molar-refractivity contribution < 1.29 is 9.53 Å². The molecule has 21 heavy (non-hydrogen) atoms. The van der Waals surface area contributed by atoms with Crippen molar-refractivity contribution in [2.75, 3.05) is 13.7 Å². The average Bonchev–Trinajstić information content (AvgIpc) is 2.85. The fourth-order valence-corrected chi connectivity index (χ4v) is 2.59. The zero-order valence-electron chi connectivity index (χ0n) is 12.2. The number of nitrogens with one attached hydrogen (secondary N) is 3. The van der Waals surface area contributed by atoms with Gasteiger partial charge in [-0.25, -0.2) is 4.79 Å². The normalized spacial score (nSPS) is 14.7. The second-order valence-corrected chi connectivity index (χ2v) is 5.50. The maximum Gasteiger partial charge on any atom is 0.315 e. The van der Waals surface area contributed by atoms with Crippen LogP contribution >= 0.6 is 0 Å². The highest BCUT2D eigenvalue weighted by molar-refractivity contribution is 5.84. The van der Waals surface area contributed by atoms with Crippen molar-refractivity contribution in [1.29, 1.82) is 0 Å². The SMILES string of the molecule is COc1ccc2[nH]cc(CCNC(=O)NC3CCC3)c2c1. The van der Waals surface area contributed by atoms with Crippen molar-refractivity contribution in [2.24, 2.45) is 0 Å². The van der Waals surface area contributed by atoms with Gasteiger partial charge in [0.05, 0.1) is 7.11 Å². The number of methoxy groups -OCH3 is 1. The molecular weight excluding hydrogens is 266 g/mol. The molecule has 3 N–H and O–H groups in total. The summed E-state index contributed by atoms with van der Waals surface area (Å²) >= 11 is 0. The first-order chi connectivity index (χ1) is 10.3. The van der Waals surface area contributed by atoms with E-state index in [1.165, 1.54) is 12.0 Å². The van der Waals surface area contributed by atoms with Crippen molar-refractivity contribution in [3.8, 4) is 5.75 Å². The van der Waals surface area contributed by atoms with Crippen LogP contribution in [-0.4, -0.2) is 30.7 Å². The fraction of sp³-hybridized carbons (Fsp3) is 0.438. The third kappa shape index (κ3) is 3.12. The molecule has 1 fully saturated rings. The van der Waals surface area contributed by atoms with Gasteiger partial charge in [-0.05, 0) is 49.4 Å². The van der Waals surface area contributed by atoms with Gasteiger partial charge in [-0.2, -0.15) is 0 Å². The minimum Gasteiger partial charge on any atom is -0.497 e. The summed E-state index contributed by atoms with van der Waals surface area (Å²) in [6, 6.07) is 6.29. The zero-order chi connectivity index (χ0) is 14.7. The van der Waals surface area contributed by atoms with E-state index >= 15 is 0 Å². The van der Waals surface area contributed by atoms with E-state index in [-0.39, 0.29) is 6.03 Å². The minimum absolute atomic E-state index is 0.0582. The van der Waals surface area contributed by atoms with E-state index in [1.54, 1.807) is 7.11 Å². The molecule has 3 rings (SSSR count). The first kappa shape index (κ1) is 13.8. The van der Waals surface area contributed by atoms with Gasteiger partial charge in [0.15, 0.2) is 0 Å². The number of aromatic nitrogens is 1. The zero-order valence-corrected chi connectivity index (χ0v) is 12.2. The van der Waals surface area contributed by atoms with Gasteiger partial charge in [-0.1, -0.05) is 0 Å². The number of carbonyl (C=O) groups excluding carboxylic acids is 1. The summed E-state index contributed by atoms with van der Waals surface area (Å²) < 4.78 is 5.26. The Morgan fingerprint density at radius 1 is 1.43 bits per heavy atom. The number of benzene rings is 1. The minimum atomic E-state index is -0.0582. The summed E-state index contributed by atoms with van der Waals surface area (Å²) in [5.41, 5.74) is 2.28. The largest absolute Gasteiger partial charge is 0.497 e. The lowest BCUT2D eigenvalue weighted by atomic mass is 9.93. The molecular formula is C16H21N3O2. The summed E-state index contributed by atoms with van der Waals surface area (Å²) in [6.07, 6.45) is 6.23. The van der Waals surface area contributed by atoms with Gasteiger partial charge in [-0.3, -0.25) is 0 Å². The van der Waals surface area contributed by atoms with Gasteiger partial charge in [0.2, 0.25) is 0 Å². The predicted molar refractivity (Wildman–Crippen MR) is 82.7 cm³/mol. The quantitative estimate of drug-likeness (QED) is 0.791. The Labute approximate surface area is 124 Å². The molecule has 0 atom stereocenters. The van der Waals surface area contributed by atoms with Crippen molar-refractivity contribution in [1.82, 2.24) is 15.6 Å². The predicted octanol–water partition coefficient (Wildman–Crippen LogP) is 2.57. The van der Waals surface area contributed by atoms with E-state index in [9.17, 15) is 4.79 Å². The standard InChI is InChI=1S/C16H21N3O2/c1-21-13-5-6-15-14(9-13)11(10-18-15)7-8-17-16(20)19-12-3-2-4-12/h5-6,9-10,12,18H,2-4,7-8H2,1H3,(H2,17,19,20). The molecule has 0 unspecified atom stereocenters. The van der Waals surface area contributed by atoms with Gasteiger partial charge in [0.25, 0.3) is 0 Å². The highest BCUT2D eigenvalue weighted by Crippen LogP contribution is 2.23. The second kappa shape index (κ2) is 6.08. The smallest absolute Gasteiger partial charge is 0.315 e. The van der Waals surface area contributed by atoms with Gasteiger partial charge >= 0.3 is 6.03 Å². The molecule has 1 aliphatic rings. The number of carbonyl (C=O) groups is 1. The Hall–Kier alpha value is -2.17. The van der Waals surface area contributed by atoms with Crippen LogP contribution in [0.3, 0.4) is 0 Å². The van der Waals surface area contributed by atoms with Crippen LogP contribution in [0.15, 0.2) is 24.4 Å². The summed E-state index contributed by atoms with van der Waals surface area (Å²) in [4.78, 5) is 14.9. The molecule has 1 aromatic carbocycles. The number of hydrogen-bond acceptors (Lipinski definition) is 2. The summed E-state index contributed by atoms with van der Waals surface area (Å²) in [5.74, 6) is 0.846. The monoisotopic (exact) mass is 287 g/mol. The van der Waals surface area contributed by atoms with Gasteiger partial charge < -0.3 is 20.4 Å². The Bertz CT molecular complexity index is 631. The Morgan fingerprint density at radius 2 is 2.29 bits per heavy atom. The highest BCUT2D eigenvalue weighted by Gasteiger charge is 2.18. The Morgan fingerprint density at radius 3 is 3.00 bits per heavy atom. The van der Waals surface area contributed by atoms with Crippen molar-refractivity contribution in [2.45, 2.75) is 31.7 Å². The van der Waals surface area contributed by atoms with E-state index in [0.29, 0.717) is 12.6 Å². The summed E-state index contributed by atoms with van der Waals surface area (Å²) in [6.45, 7) is 0.628. The molecule has 1 aliphatic carbocycles. The summed E-state index contributed by atoms with van der Waals surface area (Å²) in [7, 11) is 1.67. The van der Waals surface area contributed by atoms with E-state index in [0.717, 1.165) is 35.9 Å². The molecule has 5 heteroatoms. The van der Waals surface area contributed by atoms with E-state index in [1.807, 2.05) is 24.4 Å². The number of hydrogen-bond donors (Lipinski definition) is 3. The van der Waals surface area contributed by atoms with Crippen LogP contribution < -0.4 is 15.4 Å². The lowest BCUT2D eigenvalue weighted by Gasteiger charge is -2.26. The molecule has 5 nitrogen and oxygen atoms in total. The molecule has 0 spiro atoms. The van der Waals surface area contributed by atoms with Gasteiger partial charge in [-0.15, -0.1) is 0 Å². The first-order valence-electron chi connectivity index (χ1n) is 7.44. The summed E-state index contributed by atoms with van der Waals surface area (Å²) in [5, 5.41) is 7.04. The molecule has 0 bridgehead atoms. The third-order valence-electron chi connectivity index (χ3n) is 4.09. The number of aromatic amines is 1.